The van der Waals surface area contributed by atoms with Gasteiger partial charge in [-0.1, -0.05) is 18.8 Å². The van der Waals surface area contributed by atoms with E-state index in [1.54, 1.807) is 18.3 Å². The van der Waals surface area contributed by atoms with Crippen LogP contribution in [0.2, 0.25) is 0 Å². The number of nitrogens with zero attached hydrogens (tertiary/aromatic N) is 1. The highest BCUT2D eigenvalue weighted by atomic mass is 16.2. The van der Waals surface area contributed by atoms with E-state index in [9.17, 15) is 4.79 Å². The zero-order valence-corrected chi connectivity index (χ0v) is 9.86. The van der Waals surface area contributed by atoms with E-state index >= 15 is 0 Å². The lowest BCUT2D eigenvalue weighted by Crippen LogP contribution is -2.25. The molecule has 0 atom stereocenters. The lowest BCUT2D eigenvalue weighted by Gasteiger charge is -2.04. The fraction of sp³-hybridized carbons (Fsp3) is 0.385. The SMILES string of the molecule is CCCNC(=O)c1ncccc1C#CCCO. The number of pyridine rings is 1. The number of rotatable bonds is 4. The normalized spacial score (nSPS) is 9.29. The van der Waals surface area contributed by atoms with Gasteiger partial charge < -0.3 is 10.4 Å². The number of hydrogen-bond donors (Lipinski definition) is 2. The monoisotopic (exact) mass is 232 g/mol. The summed E-state index contributed by atoms with van der Waals surface area (Å²) in [5.74, 6) is 5.41. The number of amides is 1. The molecule has 1 amide bonds. The van der Waals surface area contributed by atoms with E-state index in [4.69, 9.17) is 5.11 Å². The Balaban J connectivity index is 2.85. The summed E-state index contributed by atoms with van der Waals surface area (Å²) in [7, 11) is 0. The van der Waals surface area contributed by atoms with Crippen molar-refractivity contribution >= 4 is 5.91 Å². The molecule has 0 unspecified atom stereocenters. The van der Waals surface area contributed by atoms with Crippen LogP contribution in [0.15, 0.2) is 18.3 Å². The lowest BCUT2D eigenvalue weighted by atomic mass is 10.2. The third-order valence-corrected chi connectivity index (χ3v) is 2.02. The summed E-state index contributed by atoms with van der Waals surface area (Å²) >= 11 is 0. The minimum atomic E-state index is -0.208. The molecule has 0 fully saturated rings. The van der Waals surface area contributed by atoms with Crippen molar-refractivity contribution in [2.24, 2.45) is 0 Å². The van der Waals surface area contributed by atoms with Crippen molar-refractivity contribution < 1.29 is 9.90 Å². The molecule has 0 saturated heterocycles. The summed E-state index contributed by atoms with van der Waals surface area (Å²) in [5, 5.41) is 11.4. The number of aliphatic hydroxyl groups is 1. The Bertz CT molecular complexity index is 433. The molecule has 0 bridgehead atoms. The molecule has 90 valence electrons. The van der Waals surface area contributed by atoms with Crippen LogP contribution in [-0.2, 0) is 0 Å². The summed E-state index contributed by atoms with van der Waals surface area (Å²) in [5.41, 5.74) is 0.931. The Hall–Kier alpha value is -1.86. The maximum atomic E-state index is 11.8. The highest BCUT2D eigenvalue weighted by Gasteiger charge is 2.09. The second-order valence-electron chi connectivity index (χ2n) is 3.43. The van der Waals surface area contributed by atoms with Gasteiger partial charge in [0, 0.05) is 19.2 Å². The molecular weight excluding hydrogens is 216 g/mol. The third-order valence-electron chi connectivity index (χ3n) is 2.02. The van der Waals surface area contributed by atoms with Gasteiger partial charge in [-0.25, -0.2) is 4.98 Å². The van der Waals surface area contributed by atoms with Crippen LogP contribution in [-0.4, -0.2) is 29.1 Å². The van der Waals surface area contributed by atoms with E-state index in [0.29, 0.717) is 24.2 Å². The van der Waals surface area contributed by atoms with Crippen molar-refractivity contribution in [1.82, 2.24) is 10.3 Å². The fourth-order valence-corrected chi connectivity index (χ4v) is 1.22. The summed E-state index contributed by atoms with van der Waals surface area (Å²) in [6.45, 7) is 2.63. The van der Waals surface area contributed by atoms with Crippen LogP contribution >= 0.6 is 0 Å². The van der Waals surface area contributed by atoms with Crippen LogP contribution in [0.1, 0.15) is 35.8 Å². The molecule has 0 saturated carbocycles. The first-order chi connectivity index (χ1) is 8.29. The predicted molar refractivity (Wildman–Crippen MR) is 65.4 cm³/mol. The molecule has 0 aliphatic rings. The van der Waals surface area contributed by atoms with E-state index in [2.05, 4.69) is 22.1 Å². The van der Waals surface area contributed by atoms with E-state index < -0.39 is 0 Å². The second kappa shape index (κ2) is 7.42. The van der Waals surface area contributed by atoms with Gasteiger partial charge in [0.2, 0.25) is 0 Å². The van der Waals surface area contributed by atoms with Gasteiger partial charge in [0.1, 0.15) is 5.69 Å². The largest absolute Gasteiger partial charge is 0.395 e. The summed E-state index contributed by atoms with van der Waals surface area (Å²) in [6, 6.07) is 3.48. The second-order valence-corrected chi connectivity index (χ2v) is 3.43. The first-order valence-electron chi connectivity index (χ1n) is 5.62. The number of carbonyl (C=O) groups is 1. The summed E-state index contributed by atoms with van der Waals surface area (Å²) < 4.78 is 0. The molecule has 1 rings (SSSR count). The molecule has 17 heavy (non-hydrogen) atoms. The molecule has 1 aromatic rings. The molecule has 0 aliphatic carbocycles. The number of aliphatic hydroxyl groups excluding tert-OH is 1. The highest BCUT2D eigenvalue weighted by Crippen LogP contribution is 2.03. The average Bonchev–Trinajstić information content (AvgIpc) is 2.37. The maximum absolute atomic E-state index is 11.8. The Morgan fingerprint density at radius 3 is 3.12 bits per heavy atom. The van der Waals surface area contributed by atoms with Crippen molar-refractivity contribution in [2.75, 3.05) is 13.2 Å². The topological polar surface area (TPSA) is 62.2 Å². The predicted octanol–water partition coefficient (Wildman–Crippen LogP) is 0.955. The number of nitrogens with one attached hydrogen (secondary N) is 1. The van der Waals surface area contributed by atoms with Crippen molar-refractivity contribution in [3.05, 3.63) is 29.6 Å². The van der Waals surface area contributed by atoms with E-state index in [1.807, 2.05) is 6.92 Å². The molecule has 0 aromatic carbocycles. The number of hydrogen-bond acceptors (Lipinski definition) is 3. The van der Waals surface area contributed by atoms with Crippen LogP contribution < -0.4 is 5.32 Å². The van der Waals surface area contributed by atoms with E-state index in [-0.39, 0.29) is 12.5 Å². The summed E-state index contributed by atoms with van der Waals surface area (Å²) in [4.78, 5) is 15.8. The van der Waals surface area contributed by atoms with Gasteiger partial charge in [0.15, 0.2) is 0 Å². The maximum Gasteiger partial charge on any atom is 0.271 e. The quantitative estimate of drug-likeness (QED) is 0.760. The van der Waals surface area contributed by atoms with Crippen molar-refractivity contribution in [1.29, 1.82) is 0 Å². The molecule has 0 radical (unpaired) electrons. The first kappa shape index (κ1) is 13.2. The van der Waals surface area contributed by atoms with Crippen molar-refractivity contribution in [2.45, 2.75) is 19.8 Å². The van der Waals surface area contributed by atoms with Crippen molar-refractivity contribution in [3.8, 4) is 11.8 Å². The standard InChI is InChI=1S/C13H16N2O2/c1-2-8-15-13(17)12-11(6-3-4-10-16)7-5-9-14-12/h5,7,9,16H,2,4,8,10H2,1H3,(H,15,17). The zero-order chi connectivity index (χ0) is 12.5. The van der Waals surface area contributed by atoms with Gasteiger partial charge in [-0.05, 0) is 18.6 Å². The average molecular weight is 232 g/mol. The molecule has 2 N–H and O–H groups in total. The Morgan fingerprint density at radius 1 is 1.59 bits per heavy atom. The van der Waals surface area contributed by atoms with Gasteiger partial charge in [-0.2, -0.15) is 0 Å². The Kier molecular flexibility index (Phi) is 5.76. The molecule has 1 heterocycles. The lowest BCUT2D eigenvalue weighted by molar-refractivity contribution is 0.0948. The number of carbonyl (C=O) groups excluding carboxylic acids is 1. The molecule has 0 spiro atoms. The fourth-order valence-electron chi connectivity index (χ4n) is 1.22. The van der Waals surface area contributed by atoms with Gasteiger partial charge in [0.25, 0.3) is 5.91 Å². The van der Waals surface area contributed by atoms with Gasteiger partial charge in [0.05, 0.1) is 12.2 Å². The van der Waals surface area contributed by atoms with Crippen LogP contribution in [0.3, 0.4) is 0 Å². The van der Waals surface area contributed by atoms with Gasteiger partial charge in [-0.15, -0.1) is 0 Å². The molecular formula is C13H16N2O2. The molecule has 1 aromatic heterocycles. The Labute approximate surface area is 101 Å². The van der Waals surface area contributed by atoms with Crippen molar-refractivity contribution in [3.63, 3.8) is 0 Å². The minimum Gasteiger partial charge on any atom is -0.395 e. The van der Waals surface area contributed by atoms with Gasteiger partial charge >= 0.3 is 0 Å². The van der Waals surface area contributed by atoms with Crippen LogP contribution in [0.25, 0.3) is 0 Å². The molecule has 4 nitrogen and oxygen atoms in total. The highest BCUT2D eigenvalue weighted by molar-refractivity contribution is 5.94. The first-order valence-corrected chi connectivity index (χ1v) is 5.62. The zero-order valence-electron chi connectivity index (χ0n) is 9.86. The molecule has 4 heteroatoms. The van der Waals surface area contributed by atoms with E-state index in [1.165, 1.54) is 0 Å². The molecule has 0 aliphatic heterocycles. The number of aromatic nitrogens is 1. The van der Waals surface area contributed by atoms with Crippen LogP contribution in [0.4, 0.5) is 0 Å². The minimum absolute atomic E-state index is 0.0185. The van der Waals surface area contributed by atoms with Gasteiger partial charge in [-0.3, -0.25) is 4.79 Å². The van der Waals surface area contributed by atoms with E-state index in [0.717, 1.165) is 6.42 Å². The Morgan fingerprint density at radius 2 is 2.41 bits per heavy atom. The summed E-state index contributed by atoms with van der Waals surface area (Å²) in [6.07, 6.45) is 2.84. The smallest absolute Gasteiger partial charge is 0.271 e. The third kappa shape index (κ3) is 4.25. The van der Waals surface area contributed by atoms with Crippen LogP contribution in [0, 0.1) is 11.8 Å². The van der Waals surface area contributed by atoms with Crippen LogP contribution in [0.5, 0.6) is 0 Å².